The second-order valence-corrected chi connectivity index (χ2v) is 4.25. The first-order valence-electron chi connectivity index (χ1n) is 5.66. The fourth-order valence-corrected chi connectivity index (χ4v) is 1.63. The highest BCUT2D eigenvalue weighted by molar-refractivity contribution is 5.97. The van der Waals surface area contributed by atoms with Gasteiger partial charge in [-0.1, -0.05) is 0 Å². The molecule has 0 fully saturated rings. The SMILES string of the molecule is Cc1ccc(C(C)NC(=O)c2n[nH]c(C)c2N)o1. The average Bonchev–Trinajstić information content (AvgIpc) is 2.87. The highest BCUT2D eigenvalue weighted by Crippen LogP contribution is 2.18. The van der Waals surface area contributed by atoms with Crippen LogP contribution in [0, 0.1) is 13.8 Å². The first-order valence-corrected chi connectivity index (χ1v) is 5.66. The number of furan rings is 1. The zero-order valence-electron chi connectivity index (χ0n) is 10.6. The van der Waals surface area contributed by atoms with Crippen LogP contribution < -0.4 is 11.1 Å². The predicted molar refractivity (Wildman–Crippen MR) is 67.1 cm³/mol. The van der Waals surface area contributed by atoms with Crippen molar-refractivity contribution in [2.75, 3.05) is 5.73 Å². The molecular weight excluding hydrogens is 232 g/mol. The third kappa shape index (κ3) is 2.22. The van der Waals surface area contributed by atoms with Crippen molar-refractivity contribution in [1.82, 2.24) is 15.5 Å². The molecule has 18 heavy (non-hydrogen) atoms. The monoisotopic (exact) mass is 248 g/mol. The standard InChI is InChI=1S/C12H16N4O2/c1-6-4-5-9(18-6)7(2)14-12(17)11-10(13)8(3)15-16-11/h4-5,7H,13H2,1-3H3,(H,14,17)(H,15,16). The molecule has 1 atom stereocenters. The van der Waals surface area contributed by atoms with Crippen molar-refractivity contribution in [3.05, 3.63) is 35.0 Å². The molecule has 6 nitrogen and oxygen atoms in total. The second kappa shape index (κ2) is 4.56. The van der Waals surface area contributed by atoms with Crippen molar-refractivity contribution in [1.29, 1.82) is 0 Å². The number of aryl methyl sites for hydroxylation is 2. The summed E-state index contributed by atoms with van der Waals surface area (Å²) in [6.07, 6.45) is 0. The molecule has 0 saturated carbocycles. The molecule has 96 valence electrons. The van der Waals surface area contributed by atoms with E-state index in [9.17, 15) is 4.79 Å². The van der Waals surface area contributed by atoms with Gasteiger partial charge in [0.05, 0.1) is 17.4 Å². The molecule has 0 aliphatic rings. The van der Waals surface area contributed by atoms with Gasteiger partial charge in [0.2, 0.25) is 0 Å². The Labute approximate surface area is 105 Å². The van der Waals surface area contributed by atoms with Gasteiger partial charge < -0.3 is 15.5 Å². The number of nitrogens with zero attached hydrogens (tertiary/aromatic N) is 1. The second-order valence-electron chi connectivity index (χ2n) is 4.25. The lowest BCUT2D eigenvalue weighted by atomic mass is 10.2. The molecule has 1 amide bonds. The number of nitrogens with one attached hydrogen (secondary N) is 2. The van der Waals surface area contributed by atoms with Gasteiger partial charge in [-0.2, -0.15) is 5.10 Å². The van der Waals surface area contributed by atoms with E-state index in [2.05, 4.69) is 15.5 Å². The number of hydrogen-bond donors (Lipinski definition) is 3. The van der Waals surface area contributed by atoms with Crippen LogP contribution in [0.15, 0.2) is 16.5 Å². The molecule has 4 N–H and O–H groups in total. The molecule has 0 aliphatic carbocycles. The quantitative estimate of drug-likeness (QED) is 0.770. The van der Waals surface area contributed by atoms with Gasteiger partial charge in [0, 0.05) is 0 Å². The number of anilines is 1. The Morgan fingerprint density at radius 2 is 2.22 bits per heavy atom. The number of aromatic nitrogens is 2. The van der Waals surface area contributed by atoms with Gasteiger partial charge in [0.25, 0.3) is 5.91 Å². The van der Waals surface area contributed by atoms with Gasteiger partial charge in [0.1, 0.15) is 11.5 Å². The van der Waals surface area contributed by atoms with Crippen molar-refractivity contribution in [2.24, 2.45) is 0 Å². The first kappa shape index (κ1) is 12.2. The maximum atomic E-state index is 12.0. The molecule has 0 aliphatic heterocycles. The molecule has 0 aromatic carbocycles. The lowest BCUT2D eigenvalue weighted by Crippen LogP contribution is -2.27. The van der Waals surface area contributed by atoms with E-state index in [0.717, 1.165) is 5.76 Å². The number of nitrogens with two attached hydrogens (primary N) is 1. The summed E-state index contributed by atoms with van der Waals surface area (Å²) in [6.45, 7) is 5.46. The summed E-state index contributed by atoms with van der Waals surface area (Å²) >= 11 is 0. The molecule has 2 aromatic rings. The van der Waals surface area contributed by atoms with Crippen molar-refractivity contribution in [3.8, 4) is 0 Å². The zero-order chi connectivity index (χ0) is 13.3. The highest BCUT2D eigenvalue weighted by atomic mass is 16.3. The normalized spacial score (nSPS) is 12.4. The van der Waals surface area contributed by atoms with Crippen LogP contribution in [0.5, 0.6) is 0 Å². The van der Waals surface area contributed by atoms with Crippen LogP contribution in [0.3, 0.4) is 0 Å². The van der Waals surface area contributed by atoms with Crippen LogP contribution in [0.25, 0.3) is 0 Å². The Kier molecular flexibility index (Phi) is 3.10. The maximum Gasteiger partial charge on any atom is 0.274 e. The molecule has 2 rings (SSSR count). The Morgan fingerprint density at radius 1 is 1.50 bits per heavy atom. The van der Waals surface area contributed by atoms with E-state index in [1.54, 1.807) is 6.92 Å². The topological polar surface area (TPSA) is 96.9 Å². The van der Waals surface area contributed by atoms with Crippen molar-refractivity contribution >= 4 is 11.6 Å². The summed E-state index contributed by atoms with van der Waals surface area (Å²) < 4.78 is 5.44. The summed E-state index contributed by atoms with van der Waals surface area (Å²) in [4.78, 5) is 12.0. The van der Waals surface area contributed by atoms with Crippen LogP contribution in [0.4, 0.5) is 5.69 Å². The number of nitrogen functional groups attached to an aromatic ring is 1. The van der Waals surface area contributed by atoms with Crippen LogP contribution in [-0.4, -0.2) is 16.1 Å². The fraction of sp³-hybridized carbons (Fsp3) is 0.333. The van der Waals surface area contributed by atoms with E-state index >= 15 is 0 Å². The Morgan fingerprint density at radius 3 is 2.72 bits per heavy atom. The summed E-state index contributed by atoms with van der Waals surface area (Å²) in [5.74, 6) is 1.19. The van der Waals surface area contributed by atoms with Crippen LogP contribution in [-0.2, 0) is 0 Å². The van der Waals surface area contributed by atoms with Gasteiger partial charge in [0.15, 0.2) is 5.69 Å². The molecule has 0 radical (unpaired) electrons. The smallest absolute Gasteiger partial charge is 0.274 e. The Balaban J connectivity index is 2.10. The van der Waals surface area contributed by atoms with Crippen molar-refractivity contribution < 1.29 is 9.21 Å². The van der Waals surface area contributed by atoms with E-state index in [0.29, 0.717) is 17.1 Å². The zero-order valence-corrected chi connectivity index (χ0v) is 10.6. The summed E-state index contributed by atoms with van der Waals surface area (Å²) in [7, 11) is 0. The van der Waals surface area contributed by atoms with Crippen LogP contribution in [0.1, 0.15) is 40.7 Å². The minimum absolute atomic E-state index is 0.211. The molecule has 2 heterocycles. The third-order valence-corrected chi connectivity index (χ3v) is 2.75. The van der Waals surface area contributed by atoms with Crippen LogP contribution >= 0.6 is 0 Å². The molecule has 1 unspecified atom stereocenters. The molecule has 0 saturated heterocycles. The summed E-state index contributed by atoms with van der Waals surface area (Å²) in [5, 5.41) is 9.33. The van der Waals surface area contributed by atoms with Gasteiger partial charge in [-0.3, -0.25) is 9.89 Å². The number of hydrogen-bond acceptors (Lipinski definition) is 4. The van der Waals surface area contributed by atoms with Crippen molar-refractivity contribution in [2.45, 2.75) is 26.8 Å². The van der Waals surface area contributed by atoms with E-state index in [4.69, 9.17) is 10.2 Å². The minimum Gasteiger partial charge on any atom is -0.464 e. The van der Waals surface area contributed by atoms with Gasteiger partial charge >= 0.3 is 0 Å². The number of carbonyl (C=O) groups excluding carboxylic acids is 1. The van der Waals surface area contributed by atoms with Gasteiger partial charge in [-0.05, 0) is 32.9 Å². The maximum absolute atomic E-state index is 12.0. The van der Waals surface area contributed by atoms with Crippen molar-refractivity contribution in [3.63, 3.8) is 0 Å². The summed E-state index contributed by atoms with van der Waals surface area (Å²) in [5.41, 5.74) is 7.01. The van der Waals surface area contributed by atoms with Gasteiger partial charge in [-0.25, -0.2) is 0 Å². The largest absolute Gasteiger partial charge is 0.464 e. The number of carbonyl (C=O) groups is 1. The summed E-state index contributed by atoms with van der Waals surface area (Å²) in [6, 6.07) is 3.45. The van der Waals surface area contributed by atoms with E-state index in [1.165, 1.54) is 0 Å². The lowest BCUT2D eigenvalue weighted by Gasteiger charge is -2.10. The first-order chi connectivity index (χ1) is 8.49. The molecule has 0 bridgehead atoms. The molecule has 2 aromatic heterocycles. The highest BCUT2D eigenvalue weighted by Gasteiger charge is 2.19. The minimum atomic E-state index is -0.321. The number of rotatable bonds is 3. The van der Waals surface area contributed by atoms with E-state index < -0.39 is 0 Å². The third-order valence-electron chi connectivity index (χ3n) is 2.75. The molecular formula is C12H16N4O2. The fourth-order valence-electron chi connectivity index (χ4n) is 1.63. The lowest BCUT2D eigenvalue weighted by molar-refractivity contribution is 0.0931. The number of H-pyrrole nitrogens is 1. The van der Waals surface area contributed by atoms with Gasteiger partial charge in [-0.15, -0.1) is 0 Å². The van der Waals surface area contributed by atoms with Crippen LogP contribution in [0.2, 0.25) is 0 Å². The number of aromatic amines is 1. The van der Waals surface area contributed by atoms with E-state index in [-0.39, 0.29) is 17.6 Å². The average molecular weight is 248 g/mol. The molecule has 0 spiro atoms. The number of amides is 1. The van der Waals surface area contributed by atoms with E-state index in [1.807, 2.05) is 26.0 Å². The Hall–Kier alpha value is -2.24. The molecule has 6 heteroatoms. The predicted octanol–water partition coefficient (Wildman–Crippen LogP) is 1.69. The Bertz CT molecular complexity index is 570.